The zero-order valence-electron chi connectivity index (χ0n) is 10.1. The third kappa shape index (κ3) is 4.29. The molecule has 0 bridgehead atoms. The van der Waals surface area contributed by atoms with Gasteiger partial charge >= 0.3 is 5.97 Å². The van der Waals surface area contributed by atoms with E-state index in [0.717, 1.165) is 17.3 Å². The Morgan fingerprint density at radius 3 is 3.11 bits per heavy atom. The monoisotopic (exact) mass is 279 g/mol. The molecule has 0 spiro atoms. The molecule has 2 N–H and O–H groups in total. The molecular formula is C12H13N3O3S. The van der Waals surface area contributed by atoms with Gasteiger partial charge in [-0.1, -0.05) is 17.8 Å². The van der Waals surface area contributed by atoms with Crippen LogP contribution in [0.5, 0.6) is 5.75 Å². The molecule has 0 unspecified atom stereocenters. The minimum atomic E-state index is -0.952. The molecule has 1 aromatic heterocycles. The Balaban J connectivity index is 1.70. The van der Waals surface area contributed by atoms with Gasteiger partial charge in [0, 0.05) is 5.75 Å². The number of thioether (sulfide) groups is 1. The molecule has 19 heavy (non-hydrogen) atoms. The summed E-state index contributed by atoms with van der Waals surface area (Å²) < 4.78 is 5.49. The maximum atomic E-state index is 10.8. The van der Waals surface area contributed by atoms with E-state index < -0.39 is 5.97 Å². The Kier molecular flexibility index (Phi) is 4.79. The number of rotatable bonds is 7. The Morgan fingerprint density at radius 1 is 1.47 bits per heavy atom. The second kappa shape index (κ2) is 6.79. The van der Waals surface area contributed by atoms with Crippen molar-refractivity contribution >= 4 is 17.7 Å². The normalized spacial score (nSPS) is 10.3. The van der Waals surface area contributed by atoms with Crippen LogP contribution in [0.4, 0.5) is 0 Å². The molecule has 2 rings (SSSR count). The molecule has 0 saturated heterocycles. The van der Waals surface area contributed by atoms with Gasteiger partial charge in [0.2, 0.25) is 0 Å². The lowest BCUT2D eigenvalue weighted by Crippen LogP contribution is -2.01. The summed E-state index contributed by atoms with van der Waals surface area (Å²) in [6.45, 7) is 0.532. The van der Waals surface area contributed by atoms with Crippen LogP contribution in [0.25, 0.3) is 0 Å². The Bertz CT molecular complexity index is 531. The fraction of sp³-hybridized carbons (Fsp3) is 0.250. The average molecular weight is 279 g/mol. The van der Waals surface area contributed by atoms with E-state index in [4.69, 9.17) is 9.84 Å². The summed E-state index contributed by atoms with van der Waals surface area (Å²) in [7, 11) is 0. The van der Waals surface area contributed by atoms with Gasteiger partial charge in [0.25, 0.3) is 0 Å². The van der Waals surface area contributed by atoms with Crippen molar-refractivity contribution in [2.75, 3.05) is 12.4 Å². The number of carboxylic acids is 1. The van der Waals surface area contributed by atoms with Crippen molar-refractivity contribution in [3.63, 3.8) is 0 Å². The highest BCUT2D eigenvalue weighted by Crippen LogP contribution is 2.15. The van der Waals surface area contributed by atoms with Crippen LogP contribution < -0.4 is 4.74 Å². The van der Waals surface area contributed by atoms with Crippen molar-refractivity contribution in [3.05, 3.63) is 36.2 Å². The summed E-state index contributed by atoms with van der Waals surface area (Å²) >= 11 is 1.57. The fourth-order valence-corrected chi connectivity index (χ4v) is 2.09. The molecule has 0 atom stereocenters. The maximum absolute atomic E-state index is 10.8. The summed E-state index contributed by atoms with van der Waals surface area (Å²) in [4.78, 5) is 14.8. The molecule has 0 aliphatic rings. The number of benzene rings is 1. The molecule has 0 saturated carbocycles. The van der Waals surface area contributed by atoms with E-state index in [1.165, 1.54) is 18.5 Å². The topological polar surface area (TPSA) is 88.1 Å². The standard InChI is InChI=1S/C12H13N3O3S/c16-11(17)9-3-1-4-10(7-9)18-5-2-6-19-12-13-8-14-15-12/h1,3-4,7-8H,2,5-6H2,(H,16,17)(H,13,14,15). The van der Waals surface area contributed by atoms with Gasteiger partial charge in [0.1, 0.15) is 12.1 Å². The van der Waals surface area contributed by atoms with E-state index in [-0.39, 0.29) is 5.56 Å². The van der Waals surface area contributed by atoms with Crippen LogP contribution in [-0.2, 0) is 0 Å². The lowest BCUT2D eigenvalue weighted by atomic mass is 10.2. The number of aromatic amines is 1. The van der Waals surface area contributed by atoms with E-state index in [1.54, 1.807) is 23.9 Å². The van der Waals surface area contributed by atoms with Gasteiger partial charge in [-0.15, -0.1) is 0 Å². The van der Waals surface area contributed by atoms with Gasteiger partial charge in [0.15, 0.2) is 5.16 Å². The summed E-state index contributed by atoms with van der Waals surface area (Å²) in [6.07, 6.45) is 2.30. The smallest absolute Gasteiger partial charge is 0.335 e. The number of carboxylic acid groups (broad SMARTS) is 1. The van der Waals surface area contributed by atoms with E-state index in [0.29, 0.717) is 12.4 Å². The van der Waals surface area contributed by atoms with Gasteiger partial charge < -0.3 is 9.84 Å². The minimum Gasteiger partial charge on any atom is -0.494 e. The van der Waals surface area contributed by atoms with Crippen LogP contribution in [0, 0.1) is 0 Å². The van der Waals surface area contributed by atoms with Gasteiger partial charge in [-0.3, -0.25) is 5.10 Å². The first-order valence-electron chi connectivity index (χ1n) is 5.70. The number of nitrogens with zero attached hydrogens (tertiary/aromatic N) is 2. The number of hydrogen-bond acceptors (Lipinski definition) is 5. The van der Waals surface area contributed by atoms with E-state index in [2.05, 4.69) is 15.2 Å². The third-order valence-electron chi connectivity index (χ3n) is 2.27. The highest BCUT2D eigenvalue weighted by Gasteiger charge is 2.03. The minimum absolute atomic E-state index is 0.230. The molecule has 1 aromatic carbocycles. The fourth-order valence-electron chi connectivity index (χ4n) is 1.40. The van der Waals surface area contributed by atoms with Gasteiger partial charge in [-0.2, -0.15) is 5.10 Å². The molecule has 1 heterocycles. The third-order valence-corrected chi connectivity index (χ3v) is 3.23. The lowest BCUT2D eigenvalue weighted by molar-refractivity contribution is 0.0696. The predicted octanol–water partition coefficient (Wildman–Crippen LogP) is 2.06. The van der Waals surface area contributed by atoms with Crippen molar-refractivity contribution in [1.82, 2.24) is 15.2 Å². The van der Waals surface area contributed by atoms with Crippen molar-refractivity contribution in [2.45, 2.75) is 11.6 Å². The molecule has 0 aliphatic heterocycles. The molecule has 0 fully saturated rings. The quantitative estimate of drug-likeness (QED) is 0.596. The highest BCUT2D eigenvalue weighted by atomic mass is 32.2. The molecule has 100 valence electrons. The summed E-state index contributed by atoms with van der Waals surface area (Å²) in [5, 5.41) is 16.1. The maximum Gasteiger partial charge on any atom is 0.335 e. The predicted molar refractivity (Wildman–Crippen MR) is 70.6 cm³/mol. The van der Waals surface area contributed by atoms with Crippen LogP contribution in [0.2, 0.25) is 0 Å². The number of H-pyrrole nitrogens is 1. The Hall–Kier alpha value is -2.02. The van der Waals surface area contributed by atoms with Gasteiger partial charge in [-0.25, -0.2) is 9.78 Å². The number of hydrogen-bond donors (Lipinski definition) is 2. The highest BCUT2D eigenvalue weighted by molar-refractivity contribution is 7.99. The SMILES string of the molecule is O=C(O)c1cccc(OCCCSc2ncn[nH]2)c1. The number of nitrogens with one attached hydrogen (secondary N) is 1. The summed E-state index contributed by atoms with van der Waals surface area (Å²) in [5.74, 6) is 0.476. The molecule has 7 heteroatoms. The first-order chi connectivity index (χ1) is 9.25. The Labute approximate surface area is 114 Å². The number of carbonyl (C=O) groups is 1. The Morgan fingerprint density at radius 2 is 2.37 bits per heavy atom. The molecule has 0 radical (unpaired) electrons. The second-order valence-corrected chi connectivity index (χ2v) is 4.76. The van der Waals surface area contributed by atoms with E-state index in [9.17, 15) is 4.79 Å². The largest absolute Gasteiger partial charge is 0.494 e. The summed E-state index contributed by atoms with van der Waals surface area (Å²) in [6, 6.07) is 6.47. The average Bonchev–Trinajstić information content (AvgIpc) is 2.92. The second-order valence-electron chi connectivity index (χ2n) is 3.67. The first-order valence-corrected chi connectivity index (χ1v) is 6.68. The zero-order valence-corrected chi connectivity index (χ0v) is 10.9. The van der Waals surface area contributed by atoms with Crippen molar-refractivity contribution in [3.8, 4) is 5.75 Å². The molecular weight excluding hydrogens is 266 g/mol. The van der Waals surface area contributed by atoms with Crippen LogP contribution in [0.15, 0.2) is 35.7 Å². The molecule has 0 amide bonds. The van der Waals surface area contributed by atoms with Crippen LogP contribution in [0.1, 0.15) is 16.8 Å². The van der Waals surface area contributed by atoms with Gasteiger partial charge in [-0.05, 0) is 24.6 Å². The van der Waals surface area contributed by atoms with Crippen molar-refractivity contribution in [1.29, 1.82) is 0 Å². The first kappa shape index (κ1) is 13.4. The number of ether oxygens (including phenoxy) is 1. The van der Waals surface area contributed by atoms with Crippen LogP contribution in [0.3, 0.4) is 0 Å². The number of aromatic nitrogens is 3. The van der Waals surface area contributed by atoms with Gasteiger partial charge in [0.05, 0.1) is 12.2 Å². The van der Waals surface area contributed by atoms with Crippen LogP contribution >= 0.6 is 11.8 Å². The van der Waals surface area contributed by atoms with Crippen molar-refractivity contribution in [2.24, 2.45) is 0 Å². The zero-order chi connectivity index (χ0) is 13.5. The van der Waals surface area contributed by atoms with Crippen LogP contribution in [-0.4, -0.2) is 38.6 Å². The number of aromatic carboxylic acids is 1. The molecule has 6 nitrogen and oxygen atoms in total. The van der Waals surface area contributed by atoms with Crippen molar-refractivity contribution < 1.29 is 14.6 Å². The molecule has 2 aromatic rings. The van der Waals surface area contributed by atoms with E-state index in [1.807, 2.05) is 0 Å². The lowest BCUT2D eigenvalue weighted by Gasteiger charge is -2.06. The summed E-state index contributed by atoms with van der Waals surface area (Å²) in [5.41, 5.74) is 0.230. The molecule has 0 aliphatic carbocycles. The van der Waals surface area contributed by atoms with E-state index >= 15 is 0 Å².